The van der Waals surface area contributed by atoms with Gasteiger partial charge in [-0.1, -0.05) is 30.3 Å². The van der Waals surface area contributed by atoms with Crippen molar-refractivity contribution in [1.82, 2.24) is 20.4 Å². The second kappa shape index (κ2) is 11.3. The van der Waals surface area contributed by atoms with E-state index in [0.717, 1.165) is 70.5 Å². The second-order valence-corrected chi connectivity index (χ2v) is 11.1. The molecule has 4 aliphatic heterocycles. The first-order chi connectivity index (χ1) is 17.5. The van der Waals surface area contributed by atoms with E-state index in [2.05, 4.69) is 20.4 Å². The summed E-state index contributed by atoms with van der Waals surface area (Å²) in [7, 11) is 0. The number of carbonyl (C=O) groups excluding carboxylic acids is 3. The molecule has 5 atom stereocenters. The molecule has 4 fully saturated rings. The van der Waals surface area contributed by atoms with Crippen LogP contribution >= 0.6 is 0 Å². The third-order valence-corrected chi connectivity index (χ3v) is 8.56. The molecule has 0 saturated carbocycles. The lowest BCUT2D eigenvalue weighted by Crippen LogP contribution is -2.64. The number of carbonyl (C=O) groups is 3. The summed E-state index contributed by atoms with van der Waals surface area (Å²) in [6.45, 7) is 6.09. The highest BCUT2D eigenvalue weighted by molar-refractivity contribution is 5.92. The van der Waals surface area contributed by atoms with E-state index >= 15 is 0 Å². The van der Waals surface area contributed by atoms with Gasteiger partial charge in [-0.15, -0.1) is 0 Å². The maximum Gasteiger partial charge on any atom is 0.245 e. The Balaban J connectivity index is 1.40. The van der Waals surface area contributed by atoms with Crippen LogP contribution in [0.5, 0.6) is 0 Å². The number of likely N-dealkylation sites (tertiary alicyclic amines) is 1. The number of hydrogen-bond donors (Lipinski definition) is 2. The topological polar surface area (TPSA) is 91.0 Å². The molecule has 0 unspecified atom stereocenters. The standard InChI is InChI=1S/C28H40N4O4/c1-19-27(34)30-24(15-20-6-3-2-4-7-20)28(35)32-17-21-14-22(25(32)8-5-9-26(33)29-19)18-31(16-21)23-10-12-36-13-11-23/h2-4,6-7,19,21-25H,5,8-18H2,1H3,(H,29,33)(H,30,34)/t19-,21+,22-,24+,25+/m1/s1. The van der Waals surface area contributed by atoms with Crippen LogP contribution in [0.1, 0.15) is 51.0 Å². The molecule has 3 amide bonds. The minimum atomic E-state index is -0.674. The molecule has 0 spiro atoms. The molecule has 36 heavy (non-hydrogen) atoms. The van der Waals surface area contributed by atoms with Gasteiger partial charge < -0.3 is 20.3 Å². The number of piperidine rings is 2. The molecule has 4 saturated heterocycles. The molecule has 4 aliphatic rings. The summed E-state index contributed by atoms with van der Waals surface area (Å²) in [6.07, 6.45) is 5.65. The first-order valence-corrected chi connectivity index (χ1v) is 13.7. The predicted octanol–water partition coefficient (Wildman–Crippen LogP) is 1.73. The van der Waals surface area contributed by atoms with E-state index < -0.39 is 12.1 Å². The van der Waals surface area contributed by atoms with Crippen LogP contribution in [0.25, 0.3) is 0 Å². The van der Waals surface area contributed by atoms with E-state index in [4.69, 9.17) is 4.74 Å². The Morgan fingerprint density at radius 3 is 2.53 bits per heavy atom. The molecule has 1 aromatic rings. The Bertz CT molecular complexity index is 935. The normalized spacial score (nSPS) is 33.1. The van der Waals surface area contributed by atoms with Gasteiger partial charge in [0.1, 0.15) is 12.1 Å². The Hall–Kier alpha value is -2.45. The van der Waals surface area contributed by atoms with Crippen molar-refractivity contribution in [2.45, 2.75) is 76.0 Å². The number of rotatable bonds is 3. The van der Waals surface area contributed by atoms with E-state index in [-0.39, 0.29) is 23.8 Å². The Kier molecular flexibility index (Phi) is 7.91. The van der Waals surface area contributed by atoms with Gasteiger partial charge in [-0.3, -0.25) is 19.3 Å². The van der Waals surface area contributed by atoms with Gasteiger partial charge in [0, 0.05) is 57.8 Å². The van der Waals surface area contributed by atoms with Gasteiger partial charge in [-0.05, 0) is 56.4 Å². The molecule has 8 nitrogen and oxygen atoms in total. The highest BCUT2D eigenvalue weighted by Crippen LogP contribution is 2.37. The Morgan fingerprint density at radius 1 is 0.972 bits per heavy atom. The molecular formula is C28H40N4O4. The number of benzene rings is 1. The van der Waals surface area contributed by atoms with Crippen molar-refractivity contribution < 1.29 is 19.1 Å². The fourth-order valence-electron chi connectivity index (χ4n) is 6.75. The van der Waals surface area contributed by atoms with Gasteiger partial charge in [0.15, 0.2) is 0 Å². The molecule has 0 radical (unpaired) electrons. The van der Waals surface area contributed by atoms with Crippen LogP contribution in [0.15, 0.2) is 30.3 Å². The third-order valence-electron chi connectivity index (χ3n) is 8.56. The molecule has 4 heterocycles. The van der Waals surface area contributed by atoms with E-state index in [1.165, 1.54) is 0 Å². The number of fused-ring (bicyclic) bond motifs is 4. The molecule has 5 rings (SSSR count). The van der Waals surface area contributed by atoms with Gasteiger partial charge in [-0.25, -0.2) is 0 Å². The van der Waals surface area contributed by atoms with Gasteiger partial charge >= 0.3 is 0 Å². The summed E-state index contributed by atoms with van der Waals surface area (Å²) >= 11 is 0. The highest BCUT2D eigenvalue weighted by Gasteiger charge is 2.45. The van der Waals surface area contributed by atoms with Crippen LogP contribution in [0.2, 0.25) is 0 Å². The molecule has 2 bridgehead atoms. The van der Waals surface area contributed by atoms with Crippen molar-refractivity contribution >= 4 is 17.7 Å². The number of nitrogens with one attached hydrogen (secondary N) is 2. The molecule has 196 valence electrons. The molecule has 0 aliphatic carbocycles. The van der Waals surface area contributed by atoms with Crippen molar-refractivity contribution in [1.29, 1.82) is 0 Å². The number of hydrogen-bond acceptors (Lipinski definition) is 5. The van der Waals surface area contributed by atoms with Crippen LogP contribution in [-0.4, -0.2) is 84.5 Å². The quantitative estimate of drug-likeness (QED) is 0.665. The first-order valence-electron chi connectivity index (χ1n) is 13.7. The lowest BCUT2D eigenvalue weighted by molar-refractivity contribution is -0.146. The van der Waals surface area contributed by atoms with E-state index in [1.807, 2.05) is 30.3 Å². The van der Waals surface area contributed by atoms with Crippen molar-refractivity contribution in [3.05, 3.63) is 35.9 Å². The van der Waals surface area contributed by atoms with Crippen molar-refractivity contribution in [2.75, 3.05) is 32.8 Å². The van der Waals surface area contributed by atoms with Crippen LogP contribution < -0.4 is 10.6 Å². The molecule has 1 aromatic carbocycles. The fourth-order valence-corrected chi connectivity index (χ4v) is 6.75. The Morgan fingerprint density at radius 2 is 1.75 bits per heavy atom. The summed E-state index contributed by atoms with van der Waals surface area (Å²) in [4.78, 5) is 44.4. The predicted molar refractivity (Wildman–Crippen MR) is 136 cm³/mol. The summed E-state index contributed by atoms with van der Waals surface area (Å²) in [5.41, 5.74) is 1.01. The highest BCUT2D eigenvalue weighted by atomic mass is 16.5. The lowest BCUT2D eigenvalue weighted by Gasteiger charge is -2.53. The smallest absolute Gasteiger partial charge is 0.245 e. The molecule has 2 N–H and O–H groups in total. The molecule has 0 aromatic heterocycles. The zero-order chi connectivity index (χ0) is 25.1. The number of amides is 3. The average molecular weight is 497 g/mol. The van der Waals surface area contributed by atoms with Crippen molar-refractivity contribution in [3.8, 4) is 0 Å². The Labute approximate surface area is 214 Å². The summed E-state index contributed by atoms with van der Waals surface area (Å²) < 4.78 is 5.60. The van der Waals surface area contributed by atoms with Crippen molar-refractivity contribution in [2.24, 2.45) is 11.8 Å². The zero-order valence-electron chi connectivity index (χ0n) is 21.4. The fraction of sp³-hybridized carbons (Fsp3) is 0.679. The maximum absolute atomic E-state index is 14.1. The van der Waals surface area contributed by atoms with Gasteiger partial charge in [-0.2, -0.15) is 0 Å². The largest absolute Gasteiger partial charge is 0.381 e. The van der Waals surface area contributed by atoms with Gasteiger partial charge in [0.25, 0.3) is 0 Å². The van der Waals surface area contributed by atoms with Crippen LogP contribution in [0, 0.1) is 11.8 Å². The monoisotopic (exact) mass is 496 g/mol. The van der Waals surface area contributed by atoms with Crippen LogP contribution in [-0.2, 0) is 25.5 Å². The minimum Gasteiger partial charge on any atom is -0.381 e. The second-order valence-electron chi connectivity index (χ2n) is 11.1. The van der Waals surface area contributed by atoms with Gasteiger partial charge in [0.05, 0.1) is 0 Å². The molecular weight excluding hydrogens is 456 g/mol. The van der Waals surface area contributed by atoms with E-state index in [1.54, 1.807) is 6.92 Å². The van der Waals surface area contributed by atoms with E-state index in [9.17, 15) is 14.4 Å². The lowest BCUT2D eigenvalue weighted by atomic mass is 9.76. The van der Waals surface area contributed by atoms with Crippen LogP contribution in [0.3, 0.4) is 0 Å². The maximum atomic E-state index is 14.1. The summed E-state index contributed by atoms with van der Waals surface area (Å²) in [5.74, 6) is 0.442. The van der Waals surface area contributed by atoms with Crippen LogP contribution in [0.4, 0.5) is 0 Å². The third kappa shape index (κ3) is 5.75. The molecule has 8 heteroatoms. The SMILES string of the molecule is C[C@H]1NC(=O)CCC[C@H]2[C@@H]3C[C@@H](CN(C4CCOCC4)C3)CN2C(=O)[C@H](Cc2ccccc2)NC1=O. The number of nitrogens with zero attached hydrogens (tertiary/aromatic N) is 2. The zero-order valence-corrected chi connectivity index (χ0v) is 21.4. The summed E-state index contributed by atoms with van der Waals surface area (Å²) in [5, 5.41) is 5.81. The minimum absolute atomic E-state index is 0.0190. The van der Waals surface area contributed by atoms with Gasteiger partial charge in [0.2, 0.25) is 17.7 Å². The average Bonchev–Trinajstić information content (AvgIpc) is 2.89. The van der Waals surface area contributed by atoms with Crippen molar-refractivity contribution in [3.63, 3.8) is 0 Å². The number of ether oxygens (including phenoxy) is 1. The first kappa shape index (κ1) is 25.2. The summed E-state index contributed by atoms with van der Waals surface area (Å²) in [6, 6.07) is 9.20. The van der Waals surface area contributed by atoms with E-state index in [0.29, 0.717) is 30.7 Å².